The summed E-state index contributed by atoms with van der Waals surface area (Å²) < 4.78 is 6.06. The molecule has 2 atom stereocenters. The van der Waals surface area contributed by atoms with Gasteiger partial charge in [-0.25, -0.2) is 0 Å². The predicted molar refractivity (Wildman–Crippen MR) is 65.9 cm³/mol. The minimum absolute atomic E-state index is 0.160. The van der Waals surface area contributed by atoms with Crippen molar-refractivity contribution in [3.05, 3.63) is 48.0 Å². The molecule has 1 aliphatic rings. The second-order valence-electron chi connectivity index (χ2n) is 4.18. The highest BCUT2D eigenvalue weighted by molar-refractivity contribution is 7.99. The third-order valence-electron chi connectivity index (χ3n) is 2.85. The Balaban J connectivity index is 2.14. The molecule has 0 N–H and O–H groups in total. The summed E-state index contributed by atoms with van der Waals surface area (Å²) in [4.78, 5) is 0. The van der Waals surface area contributed by atoms with E-state index in [1.165, 1.54) is 5.56 Å². The number of ether oxygens (including phenoxy) is 1. The fourth-order valence-electron chi connectivity index (χ4n) is 1.54. The molecule has 0 bridgehead atoms. The van der Waals surface area contributed by atoms with Crippen molar-refractivity contribution in [3.63, 3.8) is 0 Å². The van der Waals surface area contributed by atoms with Gasteiger partial charge in [-0.1, -0.05) is 36.9 Å². The van der Waals surface area contributed by atoms with Crippen LogP contribution in [0.5, 0.6) is 0 Å². The topological polar surface area (TPSA) is 9.23 Å². The van der Waals surface area contributed by atoms with E-state index in [0.29, 0.717) is 0 Å². The van der Waals surface area contributed by atoms with Gasteiger partial charge in [-0.05, 0) is 25.0 Å². The lowest BCUT2D eigenvalue weighted by Crippen LogP contribution is -2.27. The van der Waals surface area contributed by atoms with Crippen LogP contribution < -0.4 is 0 Å². The molecule has 1 aromatic carbocycles. The standard InChI is InChI=1S/C13H16OS/c1-10(2)13(3)9-15-12(14-13)11-7-5-4-6-8-11/h4-8,12H,1,9H2,2-3H3. The maximum absolute atomic E-state index is 6.06. The summed E-state index contributed by atoms with van der Waals surface area (Å²) in [6.07, 6.45) is 0. The molecule has 80 valence electrons. The molecule has 1 fully saturated rings. The molecule has 1 saturated heterocycles. The average molecular weight is 220 g/mol. The molecular weight excluding hydrogens is 204 g/mol. The van der Waals surface area contributed by atoms with Gasteiger partial charge in [0.25, 0.3) is 0 Å². The average Bonchev–Trinajstić information content (AvgIpc) is 2.64. The molecule has 1 heterocycles. The Kier molecular flexibility index (Phi) is 2.89. The third kappa shape index (κ3) is 2.11. The Morgan fingerprint density at radius 1 is 1.47 bits per heavy atom. The van der Waals surface area contributed by atoms with E-state index in [4.69, 9.17) is 4.74 Å². The van der Waals surface area contributed by atoms with E-state index in [-0.39, 0.29) is 11.0 Å². The lowest BCUT2D eigenvalue weighted by Gasteiger charge is -2.24. The number of hydrogen-bond acceptors (Lipinski definition) is 2. The number of benzene rings is 1. The van der Waals surface area contributed by atoms with Gasteiger partial charge in [0.2, 0.25) is 0 Å². The summed E-state index contributed by atoms with van der Waals surface area (Å²) >= 11 is 1.85. The molecule has 0 amide bonds. The van der Waals surface area contributed by atoms with Crippen LogP contribution in [0.4, 0.5) is 0 Å². The van der Waals surface area contributed by atoms with Crippen LogP contribution in [-0.2, 0) is 4.74 Å². The zero-order valence-corrected chi connectivity index (χ0v) is 10.0. The van der Waals surface area contributed by atoms with Crippen LogP contribution in [-0.4, -0.2) is 11.4 Å². The molecule has 1 aromatic rings. The molecule has 1 aliphatic heterocycles. The SMILES string of the molecule is C=C(C)C1(C)CSC(c2ccccc2)O1. The Morgan fingerprint density at radius 2 is 2.13 bits per heavy atom. The van der Waals surface area contributed by atoms with Crippen molar-refractivity contribution in [2.75, 3.05) is 5.75 Å². The quantitative estimate of drug-likeness (QED) is 0.701. The Bertz CT molecular complexity index is 360. The van der Waals surface area contributed by atoms with Gasteiger partial charge in [-0.3, -0.25) is 0 Å². The van der Waals surface area contributed by atoms with Crippen LogP contribution in [0, 0.1) is 0 Å². The van der Waals surface area contributed by atoms with Gasteiger partial charge in [0, 0.05) is 5.75 Å². The fraction of sp³-hybridized carbons (Fsp3) is 0.385. The van der Waals surface area contributed by atoms with Crippen LogP contribution in [0.2, 0.25) is 0 Å². The predicted octanol–water partition coefficient (Wildman–Crippen LogP) is 3.78. The molecular formula is C13H16OS. The highest BCUT2D eigenvalue weighted by Gasteiger charge is 2.37. The summed E-state index contributed by atoms with van der Waals surface area (Å²) in [5, 5.41) is 0. The lowest BCUT2D eigenvalue weighted by molar-refractivity contribution is 0.0134. The number of thioether (sulfide) groups is 1. The lowest BCUT2D eigenvalue weighted by atomic mass is 10.0. The summed E-state index contributed by atoms with van der Waals surface area (Å²) in [6, 6.07) is 10.4. The summed E-state index contributed by atoms with van der Waals surface area (Å²) in [6.45, 7) is 8.15. The van der Waals surface area contributed by atoms with Crippen molar-refractivity contribution in [2.24, 2.45) is 0 Å². The Labute approximate surface area is 95.5 Å². The first-order valence-electron chi connectivity index (χ1n) is 5.12. The maximum atomic E-state index is 6.06. The molecule has 0 saturated carbocycles. The van der Waals surface area contributed by atoms with E-state index < -0.39 is 0 Å². The smallest absolute Gasteiger partial charge is 0.129 e. The molecule has 2 rings (SSSR count). The fourth-order valence-corrected chi connectivity index (χ4v) is 2.95. The van der Waals surface area contributed by atoms with Gasteiger partial charge in [-0.2, -0.15) is 0 Å². The zero-order chi connectivity index (χ0) is 10.9. The largest absolute Gasteiger partial charge is 0.351 e. The van der Waals surface area contributed by atoms with E-state index in [0.717, 1.165) is 11.3 Å². The van der Waals surface area contributed by atoms with Crippen LogP contribution in [0.1, 0.15) is 24.8 Å². The van der Waals surface area contributed by atoms with E-state index in [1.54, 1.807) is 0 Å². The van der Waals surface area contributed by atoms with Crippen LogP contribution in [0.25, 0.3) is 0 Å². The minimum Gasteiger partial charge on any atom is -0.351 e. The third-order valence-corrected chi connectivity index (χ3v) is 4.24. The Hall–Kier alpha value is -0.730. The molecule has 2 unspecified atom stereocenters. The first-order valence-corrected chi connectivity index (χ1v) is 6.17. The summed E-state index contributed by atoms with van der Waals surface area (Å²) in [5.41, 5.74) is 2.35. The van der Waals surface area contributed by atoms with Crippen molar-refractivity contribution in [1.82, 2.24) is 0 Å². The van der Waals surface area contributed by atoms with Gasteiger partial charge in [0.05, 0.1) is 5.60 Å². The van der Waals surface area contributed by atoms with Crippen molar-refractivity contribution in [3.8, 4) is 0 Å². The van der Waals surface area contributed by atoms with Crippen molar-refractivity contribution < 1.29 is 4.74 Å². The normalized spacial score (nSPS) is 30.4. The van der Waals surface area contributed by atoms with Crippen LogP contribution >= 0.6 is 11.8 Å². The monoisotopic (exact) mass is 220 g/mol. The highest BCUT2D eigenvalue weighted by atomic mass is 32.2. The van der Waals surface area contributed by atoms with Crippen LogP contribution in [0.3, 0.4) is 0 Å². The van der Waals surface area contributed by atoms with Gasteiger partial charge in [-0.15, -0.1) is 11.8 Å². The van der Waals surface area contributed by atoms with Crippen molar-refractivity contribution >= 4 is 11.8 Å². The summed E-state index contributed by atoms with van der Waals surface area (Å²) in [5.74, 6) is 0.988. The van der Waals surface area contributed by atoms with E-state index in [1.807, 2.05) is 24.8 Å². The highest BCUT2D eigenvalue weighted by Crippen LogP contribution is 2.45. The summed E-state index contributed by atoms with van der Waals surface area (Å²) in [7, 11) is 0. The minimum atomic E-state index is -0.162. The van der Waals surface area contributed by atoms with E-state index >= 15 is 0 Å². The molecule has 0 radical (unpaired) electrons. The molecule has 0 aliphatic carbocycles. The first-order chi connectivity index (χ1) is 7.12. The van der Waals surface area contributed by atoms with E-state index in [2.05, 4.69) is 37.8 Å². The molecule has 2 heteroatoms. The molecule has 1 nitrogen and oxygen atoms in total. The Morgan fingerprint density at radius 3 is 2.67 bits per heavy atom. The van der Waals surface area contributed by atoms with Gasteiger partial charge < -0.3 is 4.74 Å². The second kappa shape index (κ2) is 4.03. The molecule has 0 spiro atoms. The maximum Gasteiger partial charge on any atom is 0.129 e. The second-order valence-corrected chi connectivity index (χ2v) is 5.23. The van der Waals surface area contributed by atoms with E-state index in [9.17, 15) is 0 Å². The number of rotatable bonds is 2. The molecule has 0 aromatic heterocycles. The van der Waals surface area contributed by atoms with Gasteiger partial charge >= 0.3 is 0 Å². The van der Waals surface area contributed by atoms with Crippen molar-refractivity contribution in [1.29, 1.82) is 0 Å². The van der Waals surface area contributed by atoms with Gasteiger partial charge in [0.1, 0.15) is 5.44 Å². The van der Waals surface area contributed by atoms with Crippen LogP contribution in [0.15, 0.2) is 42.5 Å². The zero-order valence-electron chi connectivity index (χ0n) is 9.19. The molecule has 15 heavy (non-hydrogen) atoms. The van der Waals surface area contributed by atoms with Crippen molar-refractivity contribution in [2.45, 2.75) is 24.9 Å². The first kappa shape index (κ1) is 10.8. The number of hydrogen-bond donors (Lipinski definition) is 0. The van der Waals surface area contributed by atoms with Gasteiger partial charge in [0.15, 0.2) is 0 Å².